The lowest BCUT2D eigenvalue weighted by Gasteiger charge is -2.29. The Bertz CT molecular complexity index is 1020. The fourth-order valence-corrected chi connectivity index (χ4v) is 4.04. The van der Waals surface area contributed by atoms with Crippen LogP contribution in [0.3, 0.4) is 0 Å². The van der Waals surface area contributed by atoms with E-state index in [1.807, 2.05) is 12.1 Å². The maximum Gasteiger partial charge on any atom is 0.239 e. The predicted molar refractivity (Wildman–Crippen MR) is 133 cm³/mol. The first-order chi connectivity index (χ1) is 15.7. The number of nitrogens with two attached hydrogens (primary N) is 1. The third-order valence-electron chi connectivity index (χ3n) is 5.77. The van der Waals surface area contributed by atoms with Gasteiger partial charge in [0.05, 0.1) is 13.1 Å². The van der Waals surface area contributed by atoms with Crippen molar-refractivity contribution < 1.29 is 9.59 Å². The number of hydrogen-bond donors (Lipinski definition) is 4. The molecule has 2 aromatic rings. The Hall–Kier alpha value is -3.10. The monoisotopic (exact) mass is 470 g/mol. The van der Waals surface area contributed by atoms with Crippen LogP contribution in [0.1, 0.15) is 30.9 Å². The maximum atomic E-state index is 12.6. The van der Waals surface area contributed by atoms with Crippen molar-refractivity contribution in [3.05, 3.63) is 58.6 Å². The van der Waals surface area contributed by atoms with Crippen molar-refractivity contribution in [3.8, 4) is 0 Å². The fraction of sp³-hybridized carbons (Fsp3) is 0.375. The van der Waals surface area contributed by atoms with E-state index in [-0.39, 0.29) is 36.8 Å². The third kappa shape index (κ3) is 6.94. The van der Waals surface area contributed by atoms with Crippen LogP contribution in [0, 0.1) is 5.41 Å². The van der Waals surface area contributed by atoms with E-state index in [0.717, 1.165) is 31.5 Å². The van der Waals surface area contributed by atoms with Crippen molar-refractivity contribution in [1.29, 1.82) is 5.41 Å². The summed E-state index contributed by atoms with van der Waals surface area (Å²) in [6, 6.07) is 12.5. The number of likely N-dealkylation sites (tertiary alicyclic amines) is 1. The number of anilines is 2. The highest BCUT2D eigenvalue weighted by Gasteiger charge is 2.19. The van der Waals surface area contributed by atoms with Crippen LogP contribution in [-0.4, -0.2) is 55.3 Å². The van der Waals surface area contributed by atoms with Gasteiger partial charge in [-0.2, -0.15) is 0 Å². The molecule has 0 radical (unpaired) electrons. The number of halogens is 1. The van der Waals surface area contributed by atoms with E-state index in [4.69, 9.17) is 22.7 Å². The van der Waals surface area contributed by atoms with Gasteiger partial charge in [-0.25, -0.2) is 0 Å². The van der Waals surface area contributed by atoms with E-state index in [1.165, 1.54) is 6.92 Å². The van der Waals surface area contributed by atoms with E-state index in [1.54, 1.807) is 35.2 Å². The summed E-state index contributed by atoms with van der Waals surface area (Å²) in [6.07, 6.45) is 1.86. The summed E-state index contributed by atoms with van der Waals surface area (Å²) in [5, 5.41) is 14.6. The Labute approximate surface area is 199 Å². The summed E-state index contributed by atoms with van der Waals surface area (Å²) < 4.78 is 0. The average molecular weight is 471 g/mol. The fourth-order valence-electron chi connectivity index (χ4n) is 3.85. The zero-order valence-electron chi connectivity index (χ0n) is 19.0. The van der Waals surface area contributed by atoms with Crippen LogP contribution >= 0.6 is 11.6 Å². The zero-order valence-corrected chi connectivity index (χ0v) is 19.8. The lowest BCUT2D eigenvalue weighted by Crippen LogP contribution is -2.45. The second-order valence-corrected chi connectivity index (χ2v) is 8.81. The van der Waals surface area contributed by atoms with Crippen molar-refractivity contribution in [2.75, 3.05) is 36.9 Å². The molecular weight excluding hydrogens is 440 g/mol. The van der Waals surface area contributed by atoms with Crippen molar-refractivity contribution in [1.82, 2.24) is 10.2 Å². The summed E-state index contributed by atoms with van der Waals surface area (Å²) in [5.41, 5.74) is 8.33. The minimum absolute atomic E-state index is 0.0707. The van der Waals surface area contributed by atoms with Gasteiger partial charge in [0.2, 0.25) is 11.8 Å². The highest BCUT2D eigenvalue weighted by atomic mass is 35.5. The largest absolute Gasteiger partial charge is 0.384 e. The molecular formula is C24H31ClN6O2. The van der Waals surface area contributed by atoms with Crippen LogP contribution in [0.15, 0.2) is 42.5 Å². The van der Waals surface area contributed by atoms with Gasteiger partial charge in [-0.1, -0.05) is 29.8 Å². The number of nitrogens with one attached hydrogen (secondary N) is 3. The molecule has 9 heteroatoms. The minimum atomic E-state index is -0.140. The Morgan fingerprint density at radius 1 is 1.21 bits per heavy atom. The average Bonchev–Trinajstić information content (AvgIpc) is 2.77. The van der Waals surface area contributed by atoms with Crippen LogP contribution in [0.5, 0.6) is 0 Å². The van der Waals surface area contributed by atoms with Crippen LogP contribution in [-0.2, 0) is 16.1 Å². The van der Waals surface area contributed by atoms with Crippen molar-refractivity contribution in [3.63, 3.8) is 0 Å². The quantitative estimate of drug-likeness (QED) is 0.350. The summed E-state index contributed by atoms with van der Waals surface area (Å²) in [4.78, 5) is 28.8. The number of piperidine rings is 1. The number of amidine groups is 1. The Morgan fingerprint density at radius 3 is 2.58 bits per heavy atom. The molecule has 1 aliphatic rings. The molecule has 8 nitrogen and oxygen atoms in total. The van der Waals surface area contributed by atoms with Gasteiger partial charge in [0.25, 0.3) is 0 Å². The molecule has 3 rings (SSSR count). The van der Waals surface area contributed by atoms with Gasteiger partial charge in [0.15, 0.2) is 0 Å². The molecule has 2 amide bonds. The summed E-state index contributed by atoms with van der Waals surface area (Å²) in [6.45, 7) is 3.78. The van der Waals surface area contributed by atoms with E-state index in [9.17, 15) is 9.59 Å². The summed E-state index contributed by atoms with van der Waals surface area (Å²) >= 11 is 6.12. The molecule has 0 atom stereocenters. The molecule has 176 valence electrons. The number of rotatable bonds is 8. The van der Waals surface area contributed by atoms with E-state index in [0.29, 0.717) is 22.0 Å². The van der Waals surface area contributed by atoms with Crippen molar-refractivity contribution >= 4 is 40.6 Å². The second-order valence-electron chi connectivity index (χ2n) is 8.37. The van der Waals surface area contributed by atoms with Crippen LogP contribution < -0.4 is 21.3 Å². The van der Waals surface area contributed by atoms with Crippen molar-refractivity contribution in [2.45, 2.75) is 32.4 Å². The van der Waals surface area contributed by atoms with Gasteiger partial charge >= 0.3 is 0 Å². The van der Waals surface area contributed by atoms with Gasteiger partial charge in [0, 0.05) is 34.9 Å². The Balaban J connectivity index is 1.75. The van der Waals surface area contributed by atoms with Crippen molar-refractivity contribution in [2.24, 2.45) is 5.73 Å². The van der Waals surface area contributed by atoms with Gasteiger partial charge < -0.3 is 26.2 Å². The number of carbonyl (C=O) groups is 2. The minimum Gasteiger partial charge on any atom is -0.384 e. The molecule has 1 fully saturated rings. The van der Waals surface area contributed by atoms with E-state index < -0.39 is 0 Å². The smallest absolute Gasteiger partial charge is 0.239 e. The Kier molecular flexibility index (Phi) is 8.30. The normalized spacial score (nSPS) is 14.5. The molecule has 1 saturated heterocycles. The van der Waals surface area contributed by atoms with Gasteiger partial charge in [-0.3, -0.25) is 15.0 Å². The molecule has 1 aliphatic heterocycles. The molecule has 0 spiro atoms. The standard InChI is InChI=1S/C24H31ClN6O2/c1-16(32)31(21-5-3-4-19(25)13-21)15-18-7-6-17(24(26)27)12-22(18)28-14-23(33)29-20-8-10-30(2)11-9-20/h3-7,12-13,20,28H,8-11,14-15H2,1-2H3,(H3,26,27)(H,29,33). The molecule has 33 heavy (non-hydrogen) atoms. The van der Waals surface area contributed by atoms with E-state index >= 15 is 0 Å². The summed E-state index contributed by atoms with van der Waals surface area (Å²) in [5.74, 6) is -0.306. The summed E-state index contributed by atoms with van der Waals surface area (Å²) in [7, 11) is 2.08. The maximum absolute atomic E-state index is 12.6. The zero-order chi connectivity index (χ0) is 24.0. The molecule has 0 aliphatic carbocycles. The molecule has 0 unspecified atom stereocenters. The number of amides is 2. The van der Waals surface area contributed by atoms with Gasteiger partial charge in [-0.15, -0.1) is 0 Å². The third-order valence-corrected chi connectivity index (χ3v) is 6.01. The van der Waals surface area contributed by atoms with Crippen LogP contribution in [0.4, 0.5) is 11.4 Å². The number of carbonyl (C=O) groups excluding carboxylic acids is 2. The predicted octanol–water partition coefficient (Wildman–Crippen LogP) is 2.80. The first-order valence-electron chi connectivity index (χ1n) is 11.0. The number of benzene rings is 2. The van der Waals surface area contributed by atoms with Gasteiger partial charge in [0.1, 0.15) is 5.84 Å². The molecule has 0 aromatic heterocycles. The van der Waals surface area contributed by atoms with Crippen LogP contribution in [0.25, 0.3) is 0 Å². The lowest BCUT2D eigenvalue weighted by atomic mass is 10.1. The molecule has 1 heterocycles. The topological polar surface area (TPSA) is 115 Å². The SMILES string of the molecule is CC(=O)N(Cc1ccc(C(=N)N)cc1NCC(=O)NC1CCN(C)CC1)c1cccc(Cl)c1. The Morgan fingerprint density at radius 2 is 1.94 bits per heavy atom. The lowest BCUT2D eigenvalue weighted by molar-refractivity contribution is -0.120. The number of nitrogens with zero attached hydrogens (tertiary/aromatic N) is 2. The van der Waals surface area contributed by atoms with E-state index in [2.05, 4.69) is 22.6 Å². The molecule has 0 saturated carbocycles. The highest BCUT2D eigenvalue weighted by molar-refractivity contribution is 6.30. The number of nitrogen functional groups attached to an aromatic ring is 1. The van der Waals surface area contributed by atoms with Crippen LogP contribution in [0.2, 0.25) is 5.02 Å². The molecule has 2 aromatic carbocycles. The second kappa shape index (κ2) is 11.2. The van der Waals surface area contributed by atoms with Gasteiger partial charge in [-0.05, 0) is 62.8 Å². The number of hydrogen-bond acceptors (Lipinski definition) is 5. The highest BCUT2D eigenvalue weighted by Crippen LogP contribution is 2.25. The molecule has 5 N–H and O–H groups in total. The molecule has 0 bridgehead atoms. The first-order valence-corrected chi connectivity index (χ1v) is 11.3. The first kappa shape index (κ1) is 24.5.